The number of benzene rings is 3. The summed E-state index contributed by atoms with van der Waals surface area (Å²) in [5.41, 5.74) is 7.99. The number of hydrogen-bond acceptors (Lipinski definition) is 5. The van der Waals surface area contributed by atoms with Gasteiger partial charge in [-0.15, -0.1) is 0 Å². The maximum Gasteiger partial charge on any atom is 0.234 e. The molecule has 1 heterocycles. The monoisotopic (exact) mass is 528 g/mol. The van der Waals surface area contributed by atoms with Crippen LogP contribution in [-0.2, 0) is 17.8 Å². The van der Waals surface area contributed by atoms with Crippen molar-refractivity contribution in [2.24, 2.45) is 5.92 Å². The molecule has 1 aliphatic heterocycles. The van der Waals surface area contributed by atoms with Crippen molar-refractivity contribution >= 4 is 5.91 Å². The molecular formula is C33H44N4O2. The first-order valence-corrected chi connectivity index (χ1v) is 14.2. The van der Waals surface area contributed by atoms with Crippen molar-refractivity contribution < 1.29 is 9.53 Å². The standard InChI is InChI=1S/C33H44N4O2/c1-5-12-24-17-19-29(39-4)28(21-24)23-34-32-27(18-20-30(38)36-37(2)3)22-35-33(32)31(25-13-8-6-9-14-25)26-15-10-7-11-16-26/h6-11,13-17,19,21,27,31-35H,5,12,18,20,22-23H2,1-4H3,(H,36,38)/t27-,32-,33-/m0/s1. The molecule has 4 rings (SSSR count). The van der Waals surface area contributed by atoms with Crippen molar-refractivity contribution in [2.75, 3.05) is 27.7 Å². The molecule has 1 fully saturated rings. The average Bonchev–Trinajstić information content (AvgIpc) is 3.34. The van der Waals surface area contributed by atoms with Crippen molar-refractivity contribution in [1.82, 2.24) is 21.1 Å². The molecule has 0 spiro atoms. The number of ether oxygens (including phenoxy) is 1. The van der Waals surface area contributed by atoms with Crippen LogP contribution in [0.25, 0.3) is 0 Å². The van der Waals surface area contributed by atoms with Gasteiger partial charge in [0, 0.05) is 50.6 Å². The average molecular weight is 529 g/mol. The first kappa shape index (κ1) is 28.8. The van der Waals surface area contributed by atoms with Crippen LogP contribution in [0.4, 0.5) is 0 Å². The van der Waals surface area contributed by atoms with Gasteiger partial charge in [0.25, 0.3) is 0 Å². The summed E-state index contributed by atoms with van der Waals surface area (Å²) in [6, 6.07) is 28.4. The smallest absolute Gasteiger partial charge is 0.234 e. The third kappa shape index (κ3) is 7.69. The summed E-state index contributed by atoms with van der Waals surface area (Å²) in [6.45, 7) is 3.78. The van der Waals surface area contributed by atoms with E-state index in [1.807, 2.05) is 14.1 Å². The molecular weight excluding hydrogens is 484 g/mol. The molecule has 39 heavy (non-hydrogen) atoms. The molecule has 1 saturated heterocycles. The lowest BCUT2D eigenvalue weighted by atomic mass is 9.80. The normalized spacial score (nSPS) is 19.0. The third-order valence-corrected chi connectivity index (χ3v) is 7.69. The Labute approximate surface area is 234 Å². The van der Waals surface area contributed by atoms with Crippen LogP contribution in [0.1, 0.15) is 54.4 Å². The van der Waals surface area contributed by atoms with Gasteiger partial charge >= 0.3 is 0 Å². The summed E-state index contributed by atoms with van der Waals surface area (Å²) in [6.07, 6.45) is 3.47. The van der Waals surface area contributed by atoms with Crippen LogP contribution < -0.4 is 20.8 Å². The number of hydrazine groups is 1. The first-order valence-electron chi connectivity index (χ1n) is 14.2. The van der Waals surface area contributed by atoms with E-state index < -0.39 is 0 Å². The summed E-state index contributed by atoms with van der Waals surface area (Å²) in [4.78, 5) is 12.5. The number of carbonyl (C=O) groups excluding carboxylic acids is 1. The largest absolute Gasteiger partial charge is 0.496 e. The van der Waals surface area contributed by atoms with Gasteiger partial charge in [-0.3, -0.25) is 10.2 Å². The molecule has 208 valence electrons. The maximum absolute atomic E-state index is 12.5. The Balaban J connectivity index is 1.63. The molecule has 3 aromatic carbocycles. The zero-order valence-electron chi connectivity index (χ0n) is 23.8. The number of nitrogens with zero attached hydrogens (tertiary/aromatic N) is 1. The second-order valence-corrected chi connectivity index (χ2v) is 10.8. The zero-order chi connectivity index (χ0) is 27.6. The van der Waals surface area contributed by atoms with Gasteiger partial charge in [0.2, 0.25) is 5.91 Å². The van der Waals surface area contributed by atoms with Crippen molar-refractivity contribution in [3.63, 3.8) is 0 Å². The quantitative estimate of drug-likeness (QED) is 0.276. The van der Waals surface area contributed by atoms with Gasteiger partial charge in [-0.2, -0.15) is 0 Å². The summed E-state index contributed by atoms with van der Waals surface area (Å²) in [7, 11) is 5.44. The molecule has 1 amide bonds. The molecule has 3 aromatic rings. The van der Waals surface area contributed by atoms with E-state index in [4.69, 9.17) is 4.74 Å². The lowest BCUT2D eigenvalue weighted by Crippen LogP contribution is -2.46. The molecule has 0 saturated carbocycles. The number of hydrogen-bond donors (Lipinski definition) is 3. The van der Waals surface area contributed by atoms with Crippen LogP contribution in [0.15, 0.2) is 78.9 Å². The molecule has 0 bridgehead atoms. The van der Waals surface area contributed by atoms with E-state index in [-0.39, 0.29) is 23.9 Å². The highest BCUT2D eigenvalue weighted by atomic mass is 16.5. The van der Waals surface area contributed by atoms with Gasteiger partial charge in [-0.25, -0.2) is 5.01 Å². The second-order valence-electron chi connectivity index (χ2n) is 10.8. The van der Waals surface area contributed by atoms with E-state index in [1.165, 1.54) is 22.3 Å². The van der Waals surface area contributed by atoms with Gasteiger partial charge in [-0.1, -0.05) is 86.1 Å². The Kier molecular flexibility index (Phi) is 10.5. The second kappa shape index (κ2) is 14.3. The number of methoxy groups -OCH3 is 1. The summed E-state index contributed by atoms with van der Waals surface area (Å²) in [5, 5.41) is 9.53. The molecule has 0 unspecified atom stereocenters. The Morgan fingerprint density at radius 2 is 1.69 bits per heavy atom. The van der Waals surface area contributed by atoms with Crippen LogP contribution in [0.3, 0.4) is 0 Å². The van der Waals surface area contributed by atoms with E-state index in [9.17, 15) is 4.79 Å². The van der Waals surface area contributed by atoms with Crippen LogP contribution >= 0.6 is 0 Å². The molecule has 0 aliphatic carbocycles. The maximum atomic E-state index is 12.5. The van der Waals surface area contributed by atoms with E-state index in [0.717, 1.165) is 31.6 Å². The Morgan fingerprint density at radius 3 is 2.28 bits per heavy atom. The van der Waals surface area contributed by atoms with Crippen LogP contribution in [0.5, 0.6) is 5.75 Å². The number of nitrogens with one attached hydrogen (secondary N) is 3. The molecule has 3 atom stereocenters. The molecule has 1 aliphatic rings. The minimum atomic E-state index is 0.0544. The molecule has 0 aromatic heterocycles. The minimum absolute atomic E-state index is 0.0544. The Bertz CT molecular complexity index is 1130. The summed E-state index contributed by atoms with van der Waals surface area (Å²) in [5.74, 6) is 1.45. The number of carbonyl (C=O) groups is 1. The van der Waals surface area contributed by atoms with Crippen molar-refractivity contribution in [1.29, 1.82) is 0 Å². The van der Waals surface area contributed by atoms with Crippen LogP contribution in [0.2, 0.25) is 0 Å². The highest BCUT2D eigenvalue weighted by Gasteiger charge is 2.41. The molecule has 0 radical (unpaired) electrons. The summed E-state index contributed by atoms with van der Waals surface area (Å²) < 4.78 is 5.74. The first-order chi connectivity index (χ1) is 19.0. The van der Waals surface area contributed by atoms with E-state index >= 15 is 0 Å². The minimum Gasteiger partial charge on any atom is -0.496 e. The van der Waals surface area contributed by atoms with Gasteiger partial charge in [0.1, 0.15) is 5.75 Å². The van der Waals surface area contributed by atoms with E-state index in [2.05, 4.69) is 102 Å². The lowest BCUT2D eigenvalue weighted by molar-refractivity contribution is -0.125. The lowest BCUT2D eigenvalue weighted by Gasteiger charge is -2.32. The van der Waals surface area contributed by atoms with Gasteiger partial charge < -0.3 is 15.4 Å². The molecule has 3 N–H and O–H groups in total. The molecule has 6 nitrogen and oxygen atoms in total. The van der Waals surface area contributed by atoms with E-state index in [1.54, 1.807) is 12.1 Å². The molecule has 6 heteroatoms. The summed E-state index contributed by atoms with van der Waals surface area (Å²) >= 11 is 0. The van der Waals surface area contributed by atoms with Gasteiger partial charge in [0.05, 0.1) is 7.11 Å². The van der Waals surface area contributed by atoms with Crippen molar-refractivity contribution in [3.05, 3.63) is 101 Å². The fourth-order valence-electron chi connectivity index (χ4n) is 5.93. The highest BCUT2D eigenvalue weighted by Crippen LogP contribution is 2.35. The van der Waals surface area contributed by atoms with E-state index in [0.29, 0.717) is 18.9 Å². The van der Waals surface area contributed by atoms with Gasteiger partial charge in [0.15, 0.2) is 0 Å². The van der Waals surface area contributed by atoms with Gasteiger partial charge in [-0.05, 0) is 48.1 Å². The van der Waals surface area contributed by atoms with Crippen molar-refractivity contribution in [3.8, 4) is 5.75 Å². The third-order valence-electron chi connectivity index (χ3n) is 7.69. The number of rotatable bonds is 13. The SMILES string of the molecule is CCCc1ccc(OC)c(CN[C@H]2[C@@H](CCC(=O)NN(C)C)CN[C@H]2C(c2ccccc2)c2ccccc2)c1. The fourth-order valence-corrected chi connectivity index (χ4v) is 5.93. The Morgan fingerprint density at radius 1 is 1.03 bits per heavy atom. The highest BCUT2D eigenvalue weighted by molar-refractivity contribution is 5.75. The predicted octanol–water partition coefficient (Wildman–Crippen LogP) is 4.90. The van der Waals surface area contributed by atoms with Crippen LogP contribution in [0, 0.1) is 5.92 Å². The predicted molar refractivity (Wildman–Crippen MR) is 159 cm³/mol. The fraction of sp³-hybridized carbons (Fsp3) is 0.424. The van der Waals surface area contributed by atoms with Crippen LogP contribution in [-0.4, -0.2) is 50.7 Å². The zero-order valence-corrected chi connectivity index (χ0v) is 23.8. The Hall–Kier alpha value is -3.19. The number of amides is 1. The topological polar surface area (TPSA) is 65.6 Å². The number of aryl methyl sites for hydroxylation is 1. The van der Waals surface area contributed by atoms with Crippen molar-refractivity contribution in [2.45, 2.75) is 57.2 Å².